The molecule has 0 fully saturated rings. The summed E-state index contributed by atoms with van der Waals surface area (Å²) in [5.74, 6) is 0.610. The lowest BCUT2D eigenvalue weighted by molar-refractivity contribution is -0.127. The Morgan fingerprint density at radius 1 is 1.40 bits per heavy atom. The van der Waals surface area contributed by atoms with E-state index in [1.165, 1.54) is 5.56 Å². The van der Waals surface area contributed by atoms with Gasteiger partial charge in [0.2, 0.25) is 0 Å². The number of carbonyl (C=O) groups excluding carboxylic acids is 1. The van der Waals surface area contributed by atoms with E-state index in [1.807, 2.05) is 18.2 Å². The minimum atomic E-state index is -0.511. The number of carbonyl (C=O) groups is 1. The number of ether oxygens (including phenoxy) is 1. The molecule has 112 valence electrons. The molecule has 0 saturated heterocycles. The fourth-order valence-electron chi connectivity index (χ4n) is 1.75. The lowest BCUT2D eigenvalue weighted by atomic mass is 9.87. The average Bonchev–Trinajstić information content (AvgIpc) is 2.38. The summed E-state index contributed by atoms with van der Waals surface area (Å²) in [5.41, 5.74) is 6.64. The SMILES string of the molecule is CC(Oc1cccc(C(C)(C)C)c1)C(=O)NCCCN. The maximum absolute atomic E-state index is 11.8. The molecule has 0 aliphatic carbocycles. The first-order valence-corrected chi connectivity index (χ1v) is 7.09. The first-order valence-electron chi connectivity index (χ1n) is 7.09. The first kappa shape index (κ1) is 16.5. The van der Waals surface area contributed by atoms with Crippen LogP contribution in [-0.2, 0) is 10.2 Å². The van der Waals surface area contributed by atoms with Gasteiger partial charge in [-0.15, -0.1) is 0 Å². The van der Waals surface area contributed by atoms with Crippen LogP contribution in [0.25, 0.3) is 0 Å². The number of benzene rings is 1. The van der Waals surface area contributed by atoms with Gasteiger partial charge in [0.05, 0.1) is 0 Å². The largest absolute Gasteiger partial charge is 0.481 e. The third-order valence-electron chi connectivity index (χ3n) is 3.06. The zero-order valence-corrected chi connectivity index (χ0v) is 12.9. The van der Waals surface area contributed by atoms with Gasteiger partial charge in [-0.25, -0.2) is 0 Å². The van der Waals surface area contributed by atoms with Crippen LogP contribution in [0.4, 0.5) is 0 Å². The molecule has 1 amide bonds. The molecule has 0 saturated carbocycles. The van der Waals surface area contributed by atoms with E-state index >= 15 is 0 Å². The van der Waals surface area contributed by atoms with Crippen LogP contribution in [-0.4, -0.2) is 25.1 Å². The molecule has 0 radical (unpaired) electrons. The van der Waals surface area contributed by atoms with Crippen molar-refractivity contribution in [2.45, 2.75) is 45.6 Å². The second-order valence-electron chi connectivity index (χ2n) is 5.97. The summed E-state index contributed by atoms with van der Waals surface area (Å²) in [7, 11) is 0. The second-order valence-corrected chi connectivity index (χ2v) is 5.97. The average molecular weight is 278 g/mol. The lowest BCUT2D eigenvalue weighted by Crippen LogP contribution is -2.37. The van der Waals surface area contributed by atoms with Crippen molar-refractivity contribution in [3.8, 4) is 5.75 Å². The van der Waals surface area contributed by atoms with Crippen molar-refractivity contribution in [3.05, 3.63) is 29.8 Å². The first-order chi connectivity index (χ1) is 9.34. The van der Waals surface area contributed by atoms with Crippen LogP contribution in [0, 0.1) is 0 Å². The van der Waals surface area contributed by atoms with Gasteiger partial charge in [0.1, 0.15) is 5.75 Å². The molecule has 4 nitrogen and oxygen atoms in total. The van der Waals surface area contributed by atoms with Gasteiger partial charge in [0.15, 0.2) is 6.10 Å². The second kappa shape index (κ2) is 7.29. The van der Waals surface area contributed by atoms with E-state index in [0.29, 0.717) is 13.1 Å². The van der Waals surface area contributed by atoms with E-state index in [2.05, 4.69) is 32.2 Å². The molecule has 0 bridgehead atoms. The Hall–Kier alpha value is -1.55. The molecule has 20 heavy (non-hydrogen) atoms. The van der Waals surface area contributed by atoms with Crippen LogP contribution in [0.15, 0.2) is 24.3 Å². The van der Waals surface area contributed by atoms with Crippen LogP contribution in [0.2, 0.25) is 0 Å². The Balaban J connectivity index is 2.62. The highest BCUT2D eigenvalue weighted by Crippen LogP contribution is 2.26. The molecule has 0 aromatic heterocycles. The van der Waals surface area contributed by atoms with Gasteiger partial charge in [0, 0.05) is 6.54 Å². The minimum absolute atomic E-state index is 0.0615. The van der Waals surface area contributed by atoms with Crippen LogP contribution >= 0.6 is 0 Å². The number of amides is 1. The van der Waals surface area contributed by atoms with Crippen molar-refractivity contribution < 1.29 is 9.53 Å². The van der Waals surface area contributed by atoms with Gasteiger partial charge >= 0.3 is 0 Å². The molecule has 1 aromatic carbocycles. The fraction of sp³-hybridized carbons (Fsp3) is 0.562. The topological polar surface area (TPSA) is 64.3 Å². The summed E-state index contributed by atoms with van der Waals surface area (Å²) in [5, 5.41) is 2.80. The number of nitrogens with one attached hydrogen (secondary N) is 1. The molecule has 1 atom stereocenters. The number of nitrogens with two attached hydrogens (primary N) is 1. The van der Waals surface area contributed by atoms with Gasteiger partial charge in [-0.3, -0.25) is 4.79 Å². The van der Waals surface area contributed by atoms with E-state index in [9.17, 15) is 4.79 Å². The van der Waals surface area contributed by atoms with Gasteiger partial charge in [0.25, 0.3) is 5.91 Å². The van der Waals surface area contributed by atoms with E-state index in [0.717, 1.165) is 12.2 Å². The summed E-state index contributed by atoms with van der Waals surface area (Å²) in [6.45, 7) is 9.36. The Labute approximate surface area is 121 Å². The van der Waals surface area contributed by atoms with Crippen LogP contribution < -0.4 is 15.8 Å². The van der Waals surface area contributed by atoms with Gasteiger partial charge in [-0.1, -0.05) is 32.9 Å². The molecule has 4 heteroatoms. The zero-order chi connectivity index (χ0) is 15.2. The maximum atomic E-state index is 11.8. The predicted molar refractivity (Wildman–Crippen MR) is 81.9 cm³/mol. The summed E-state index contributed by atoms with van der Waals surface area (Å²) >= 11 is 0. The van der Waals surface area contributed by atoms with Crippen LogP contribution in [0.1, 0.15) is 39.7 Å². The van der Waals surface area contributed by atoms with Crippen molar-refractivity contribution >= 4 is 5.91 Å². The third-order valence-corrected chi connectivity index (χ3v) is 3.06. The van der Waals surface area contributed by atoms with E-state index in [-0.39, 0.29) is 11.3 Å². The molecule has 0 spiro atoms. The molecule has 0 aliphatic heterocycles. The Morgan fingerprint density at radius 2 is 2.10 bits per heavy atom. The number of hydrogen-bond acceptors (Lipinski definition) is 3. The normalized spacial score (nSPS) is 12.8. The quantitative estimate of drug-likeness (QED) is 0.784. The molecular formula is C16H26N2O2. The van der Waals surface area contributed by atoms with Crippen molar-refractivity contribution in [2.75, 3.05) is 13.1 Å². The molecule has 1 aromatic rings. The Kier molecular flexibility index (Phi) is 6.02. The lowest BCUT2D eigenvalue weighted by Gasteiger charge is -2.21. The smallest absolute Gasteiger partial charge is 0.260 e. The Bertz CT molecular complexity index is 438. The molecule has 1 rings (SSSR count). The van der Waals surface area contributed by atoms with Crippen molar-refractivity contribution in [3.63, 3.8) is 0 Å². The number of hydrogen-bond donors (Lipinski definition) is 2. The number of rotatable bonds is 6. The summed E-state index contributed by atoms with van der Waals surface area (Å²) in [6.07, 6.45) is 0.265. The third kappa shape index (κ3) is 5.21. The molecule has 0 heterocycles. The van der Waals surface area contributed by atoms with E-state index in [1.54, 1.807) is 6.92 Å². The predicted octanol–water partition coefficient (Wildman–Crippen LogP) is 2.22. The molecular weight excluding hydrogens is 252 g/mol. The summed E-state index contributed by atoms with van der Waals surface area (Å²) in [4.78, 5) is 11.8. The Morgan fingerprint density at radius 3 is 2.70 bits per heavy atom. The highest BCUT2D eigenvalue weighted by molar-refractivity contribution is 5.80. The molecule has 1 unspecified atom stereocenters. The van der Waals surface area contributed by atoms with Gasteiger partial charge < -0.3 is 15.8 Å². The van der Waals surface area contributed by atoms with Crippen molar-refractivity contribution in [2.24, 2.45) is 5.73 Å². The highest BCUT2D eigenvalue weighted by Gasteiger charge is 2.17. The molecule has 3 N–H and O–H groups in total. The van der Waals surface area contributed by atoms with Gasteiger partial charge in [-0.2, -0.15) is 0 Å². The van der Waals surface area contributed by atoms with Crippen molar-refractivity contribution in [1.29, 1.82) is 0 Å². The monoisotopic (exact) mass is 278 g/mol. The molecule has 0 aliphatic rings. The summed E-state index contributed by atoms with van der Waals surface area (Å²) in [6, 6.07) is 7.89. The van der Waals surface area contributed by atoms with E-state index in [4.69, 9.17) is 10.5 Å². The standard InChI is InChI=1S/C16H26N2O2/c1-12(15(19)18-10-6-9-17)20-14-8-5-7-13(11-14)16(2,3)4/h5,7-8,11-12H,6,9-10,17H2,1-4H3,(H,18,19). The van der Waals surface area contributed by atoms with Crippen molar-refractivity contribution in [1.82, 2.24) is 5.32 Å². The summed E-state index contributed by atoms with van der Waals surface area (Å²) < 4.78 is 5.70. The zero-order valence-electron chi connectivity index (χ0n) is 12.9. The minimum Gasteiger partial charge on any atom is -0.481 e. The van der Waals surface area contributed by atoms with Crippen LogP contribution in [0.3, 0.4) is 0 Å². The maximum Gasteiger partial charge on any atom is 0.260 e. The van der Waals surface area contributed by atoms with Crippen LogP contribution in [0.5, 0.6) is 5.75 Å². The highest BCUT2D eigenvalue weighted by atomic mass is 16.5. The van der Waals surface area contributed by atoms with Gasteiger partial charge in [-0.05, 0) is 43.0 Å². The fourth-order valence-corrected chi connectivity index (χ4v) is 1.75. The van der Waals surface area contributed by atoms with E-state index < -0.39 is 6.10 Å².